The van der Waals surface area contributed by atoms with Crippen molar-refractivity contribution in [1.82, 2.24) is 9.97 Å². The molecule has 9 heteroatoms. The van der Waals surface area contributed by atoms with Gasteiger partial charge in [-0.3, -0.25) is 5.41 Å². The molecule has 0 bridgehead atoms. The van der Waals surface area contributed by atoms with Crippen LogP contribution in [0.15, 0.2) is 41.5 Å². The molecule has 1 fully saturated rings. The number of hydrogen-bond acceptors (Lipinski definition) is 7. The van der Waals surface area contributed by atoms with Gasteiger partial charge in [0.2, 0.25) is 5.79 Å². The van der Waals surface area contributed by atoms with Gasteiger partial charge in [0.25, 0.3) is 5.90 Å². The number of aromatic nitrogens is 2. The molecule has 0 amide bonds. The third kappa shape index (κ3) is 5.66. The Morgan fingerprint density at radius 3 is 2.97 bits per heavy atom. The van der Waals surface area contributed by atoms with Gasteiger partial charge in [0.1, 0.15) is 0 Å². The first-order valence-electron chi connectivity index (χ1n) is 9.46. The highest BCUT2D eigenvalue weighted by atomic mass is 32.2. The molecule has 3 N–H and O–H groups in total. The minimum Gasteiger partial charge on any atom is -0.475 e. The molecule has 0 unspecified atom stereocenters. The lowest BCUT2D eigenvalue weighted by atomic mass is 10.1. The molecule has 1 aromatic heterocycles. The van der Waals surface area contributed by atoms with E-state index in [1.54, 1.807) is 6.26 Å². The van der Waals surface area contributed by atoms with E-state index in [1.165, 1.54) is 18.0 Å². The van der Waals surface area contributed by atoms with Gasteiger partial charge in [0, 0.05) is 6.42 Å². The molecule has 8 nitrogen and oxygen atoms in total. The van der Waals surface area contributed by atoms with Crippen LogP contribution in [0.4, 0.5) is 0 Å². The minimum atomic E-state index is -1.46. The average molecular weight is 419 g/mol. The van der Waals surface area contributed by atoms with Gasteiger partial charge in [-0.2, -0.15) is 4.99 Å². The summed E-state index contributed by atoms with van der Waals surface area (Å²) in [4.78, 5) is 11.4. The van der Waals surface area contributed by atoms with Gasteiger partial charge in [-0.15, -0.1) is 0 Å². The second-order valence-electron chi connectivity index (χ2n) is 6.57. The monoisotopic (exact) mass is 418 g/mol. The van der Waals surface area contributed by atoms with Crippen molar-refractivity contribution in [3.05, 3.63) is 53.6 Å². The fraction of sp³-hybridized carbons (Fsp3) is 0.450. The van der Waals surface area contributed by atoms with Crippen LogP contribution in [0.3, 0.4) is 0 Å². The zero-order chi connectivity index (χ0) is 20.7. The van der Waals surface area contributed by atoms with Crippen molar-refractivity contribution < 1.29 is 19.3 Å². The van der Waals surface area contributed by atoms with Crippen molar-refractivity contribution in [1.29, 1.82) is 5.41 Å². The van der Waals surface area contributed by atoms with Gasteiger partial charge in [0.15, 0.2) is 11.0 Å². The van der Waals surface area contributed by atoms with Crippen LogP contribution >= 0.6 is 11.8 Å². The predicted octanol–water partition coefficient (Wildman–Crippen LogP) is 3.03. The Labute approximate surface area is 174 Å². The van der Waals surface area contributed by atoms with E-state index in [0.29, 0.717) is 44.2 Å². The molecule has 1 aliphatic heterocycles. The van der Waals surface area contributed by atoms with Gasteiger partial charge in [-0.25, -0.2) is 4.98 Å². The van der Waals surface area contributed by atoms with Crippen LogP contribution in [-0.2, 0) is 26.6 Å². The van der Waals surface area contributed by atoms with Gasteiger partial charge in [-0.05, 0) is 25.2 Å². The Hall–Kier alpha value is -2.20. The van der Waals surface area contributed by atoms with Crippen LogP contribution in [0.5, 0.6) is 0 Å². The summed E-state index contributed by atoms with van der Waals surface area (Å²) in [6.45, 7) is 3.12. The largest absolute Gasteiger partial charge is 0.475 e. The summed E-state index contributed by atoms with van der Waals surface area (Å²) in [6.07, 6.45) is 4.16. The smallest absolute Gasteiger partial charge is 0.260 e. The molecular formula is C20H26N4O4S. The van der Waals surface area contributed by atoms with Crippen molar-refractivity contribution >= 4 is 22.8 Å². The fourth-order valence-corrected chi connectivity index (χ4v) is 3.18. The normalized spacial score (nSPS) is 22.0. The fourth-order valence-electron chi connectivity index (χ4n) is 3.00. The first-order valence-corrected chi connectivity index (χ1v) is 10.7. The first kappa shape index (κ1) is 21.5. The summed E-state index contributed by atoms with van der Waals surface area (Å²) in [5.74, 6) is -0.903. The molecule has 29 heavy (non-hydrogen) atoms. The summed E-state index contributed by atoms with van der Waals surface area (Å²) >= 11 is 1.20. The Morgan fingerprint density at radius 2 is 2.24 bits per heavy atom. The van der Waals surface area contributed by atoms with Gasteiger partial charge >= 0.3 is 0 Å². The Morgan fingerprint density at radius 1 is 1.45 bits per heavy atom. The summed E-state index contributed by atoms with van der Waals surface area (Å²) in [5.41, 5.74) is 1.53. The maximum absolute atomic E-state index is 10.9. The molecule has 156 valence electrons. The van der Waals surface area contributed by atoms with Crippen molar-refractivity contribution in [3.63, 3.8) is 0 Å². The van der Waals surface area contributed by atoms with Crippen LogP contribution in [0.2, 0.25) is 0 Å². The average Bonchev–Trinajstić information content (AvgIpc) is 3.37. The van der Waals surface area contributed by atoms with E-state index < -0.39 is 5.79 Å². The number of H-pyrrole nitrogens is 1. The minimum absolute atomic E-state index is 0.109. The van der Waals surface area contributed by atoms with E-state index in [4.69, 9.17) is 19.6 Å². The number of ether oxygens (including phenoxy) is 3. The number of rotatable bonds is 7. The number of benzene rings is 1. The van der Waals surface area contributed by atoms with E-state index in [2.05, 4.69) is 15.0 Å². The van der Waals surface area contributed by atoms with Crippen molar-refractivity contribution in [3.8, 4) is 0 Å². The van der Waals surface area contributed by atoms with Crippen LogP contribution in [0, 0.1) is 5.41 Å². The molecule has 2 atom stereocenters. The molecule has 3 rings (SSSR count). The number of aliphatic imine (C=N–C) groups is 1. The molecule has 1 aliphatic rings. The Balaban J connectivity index is 1.60. The third-order valence-electron chi connectivity index (χ3n) is 4.46. The van der Waals surface area contributed by atoms with Crippen molar-refractivity contribution in [2.45, 2.75) is 38.3 Å². The van der Waals surface area contributed by atoms with E-state index >= 15 is 0 Å². The molecular weight excluding hydrogens is 392 g/mol. The number of hydrogen-bond donors (Lipinski definition) is 3. The van der Waals surface area contributed by atoms with E-state index in [9.17, 15) is 5.11 Å². The summed E-state index contributed by atoms with van der Waals surface area (Å²) in [5, 5.41) is 18.8. The lowest BCUT2D eigenvalue weighted by molar-refractivity contribution is -0.210. The van der Waals surface area contributed by atoms with Crippen molar-refractivity contribution in [2.75, 3.05) is 19.5 Å². The van der Waals surface area contributed by atoms with Gasteiger partial charge < -0.3 is 24.3 Å². The zero-order valence-corrected chi connectivity index (χ0v) is 17.4. The standard InChI is InChI=1S/C20H26N4O4S/c1-3-27-18(24-19(21)29-2)17-22-11-16(23-17)20(25)10-9-15(28-20)13-26-12-14-7-5-4-6-8-14/h4-8,11,15,21,25H,3,9-10,12-13H2,1-2H3,(H,22,23)/b21-19?,24-18+/t15-,20+/m0/s1. The number of aliphatic hydroxyl groups is 1. The molecule has 2 heterocycles. The number of nitrogens with zero attached hydrogens (tertiary/aromatic N) is 2. The van der Waals surface area contributed by atoms with E-state index in [-0.39, 0.29) is 17.2 Å². The maximum Gasteiger partial charge on any atom is 0.260 e. The lowest BCUT2D eigenvalue weighted by Crippen LogP contribution is -2.28. The number of imidazole rings is 1. The zero-order valence-electron chi connectivity index (χ0n) is 16.6. The van der Waals surface area contributed by atoms with Gasteiger partial charge in [0.05, 0.1) is 37.8 Å². The van der Waals surface area contributed by atoms with Crippen LogP contribution in [0.1, 0.15) is 36.8 Å². The Bertz CT molecular complexity index is 842. The predicted molar refractivity (Wildman–Crippen MR) is 112 cm³/mol. The summed E-state index contributed by atoms with van der Waals surface area (Å²) < 4.78 is 17.1. The van der Waals surface area contributed by atoms with Crippen LogP contribution in [0.25, 0.3) is 0 Å². The number of amidine groups is 1. The molecule has 0 spiro atoms. The van der Waals surface area contributed by atoms with Crippen LogP contribution in [-0.4, -0.2) is 51.7 Å². The quantitative estimate of drug-likeness (QED) is 0.471. The van der Waals surface area contributed by atoms with Crippen LogP contribution < -0.4 is 0 Å². The van der Waals surface area contributed by atoms with E-state index in [0.717, 1.165) is 5.56 Å². The topological polar surface area (TPSA) is 113 Å². The maximum atomic E-state index is 10.9. The lowest BCUT2D eigenvalue weighted by Gasteiger charge is -2.21. The number of nitrogens with one attached hydrogen (secondary N) is 2. The Kier molecular flexibility index (Phi) is 7.43. The van der Waals surface area contributed by atoms with Crippen molar-refractivity contribution in [2.24, 2.45) is 4.99 Å². The summed E-state index contributed by atoms with van der Waals surface area (Å²) in [7, 11) is 0. The van der Waals surface area contributed by atoms with E-state index in [1.807, 2.05) is 37.3 Å². The SMILES string of the molecule is CCO/C(=N/C(=N)SC)c1ncc([C@@]2(O)CC[C@@H](COCc3ccccc3)O2)[nH]1. The second-order valence-corrected chi connectivity index (χ2v) is 7.36. The molecule has 2 aromatic rings. The first-order chi connectivity index (χ1) is 14.0. The third-order valence-corrected chi connectivity index (χ3v) is 4.94. The highest BCUT2D eigenvalue weighted by Crippen LogP contribution is 2.36. The highest BCUT2D eigenvalue weighted by Gasteiger charge is 2.41. The molecule has 1 saturated heterocycles. The summed E-state index contributed by atoms with van der Waals surface area (Å²) in [6, 6.07) is 9.92. The molecule has 0 aliphatic carbocycles. The molecule has 0 saturated carbocycles. The molecule has 0 radical (unpaired) electrons. The second kappa shape index (κ2) is 10.0. The highest BCUT2D eigenvalue weighted by molar-refractivity contribution is 8.13. The number of thioether (sulfide) groups is 1. The number of aromatic amines is 1. The van der Waals surface area contributed by atoms with Gasteiger partial charge in [-0.1, -0.05) is 42.1 Å². The molecule has 1 aromatic carbocycles.